The smallest absolute Gasteiger partial charge is 0.306 e. The summed E-state index contributed by atoms with van der Waals surface area (Å²) in [6.45, 7) is -0.115. The molecule has 3 aromatic rings. The number of nitrogens with two attached hydrogens (primary N) is 2. The maximum absolute atomic E-state index is 13.8. The number of hydrogen-bond donors (Lipinski definition) is 10. The summed E-state index contributed by atoms with van der Waals surface area (Å²) in [6.07, 6.45) is 1.88. The van der Waals surface area contributed by atoms with Gasteiger partial charge in [0, 0.05) is 49.2 Å². The van der Waals surface area contributed by atoms with Gasteiger partial charge in [0.2, 0.25) is 34.7 Å². The minimum atomic E-state index is -1.38. The van der Waals surface area contributed by atoms with E-state index in [0.717, 1.165) is 35.2 Å². The summed E-state index contributed by atoms with van der Waals surface area (Å²) >= 11 is 0.856. The van der Waals surface area contributed by atoms with Crippen LogP contribution in [0.1, 0.15) is 37.3 Å². The molecule has 19 nitrogen and oxygen atoms in total. The van der Waals surface area contributed by atoms with Crippen LogP contribution >= 0.6 is 11.8 Å². The van der Waals surface area contributed by atoms with Crippen LogP contribution in [0.4, 0.5) is 0 Å². The van der Waals surface area contributed by atoms with E-state index >= 15 is 0 Å². The maximum atomic E-state index is 13.8. The Kier molecular flexibility index (Phi) is 18.3. The SMILES string of the molecule is COC(=O)CCSC(=O)[C@H](Cc1c[nH]c2ccccc12)NC(=O)CNC(=O)[C@H](CCCN=C(N)N)NC(=O)[C@H](Cc1ccc(O)cc1)NC(=O)[C@H](CO)NC(C)=O. The highest BCUT2D eigenvalue weighted by molar-refractivity contribution is 8.13. The third-order valence-electron chi connectivity index (χ3n) is 8.38. The molecule has 0 bridgehead atoms. The number of rotatable bonds is 22. The van der Waals surface area contributed by atoms with Crippen LogP contribution in [-0.2, 0) is 51.1 Å². The van der Waals surface area contributed by atoms with Crippen molar-refractivity contribution in [1.29, 1.82) is 0 Å². The fourth-order valence-corrected chi connectivity index (χ4v) is 6.33. The summed E-state index contributed by atoms with van der Waals surface area (Å²) in [7, 11) is 1.24. The lowest BCUT2D eigenvalue weighted by Gasteiger charge is -2.25. The number of aliphatic hydroxyl groups excluding tert-OH is 1. The number of phenols is 1. The average molecular weight is 812 g/mol. The first-order valence-corrected chi connectivity index (χ1v) is 18.9. The fourth-order valence-electron chi connectivity index (χ4n) is 5.52. The molecular formula is C37H49N9O10S. The zero-order valence-corrected chi connectivity index (χ0v) is 32.4. The summed E-state index contributed by atoms with van der Waals surface area (Å²) in [6, 6.07) is 8.17. The molecule has 0 spiro atoms. The number of thioether (sulfide) groups is 1. The van der Waals surface area contributed by atoms with Crippen molar-refractivity contribution in [2.45, 2.75) is 63.2 Å². The van der Waals surface area contributed by atoms with Gasteiger partial charge < -0.3 is 58.0 Å². The van der Waals surface area contributed by atoms with Gasteiger partial charge in [-0.15, -0.1) is 0 Å². The van der Waals surface area contributed by atoms with Crippen molar-refractivity contribution in [3.8, 4) is 5.75 Å². The molecule has 0 fully saturated rings. The Labute approximate surface area is 332 Å². The van der Waals surface area contributed by atoms with Crippen molar-refractivity contribution in [1.82, 2.24) is 31.6 Å². The first-order chi connectivity index (χ1) is 27.2. The summed E-state index contributed by atoms with van der Waals surface area (Å²) < 4.78 is 4.65. The van der Waals surface area contributed by atoms with E-state index in [4.69, 9.17) is 11.5 Å². The van der Waals surface area contributed by atoms with E-state index < -0.39 is 77.9 Å². The molecule has 0 aliphatic rings. The average Bonchev–Trinajstić information content (AvgIpc) is 3.59. The summed E-state index contributed by atoms with van der Waals surface area (Å²) in [5.41, 5.74) is 13.0. The van der Waals surface area contributed by atoms with Crippen molar-refractivity contribution in [2.24, 2.45) is 16.5 Å². The third-order valence-corrected chi connectivity index (χ3v) is 9.36. The molecule has 0 radical (unpaired) electrons. The van der Waals surface area contributed by atoms with E-state index in [1.807, 2.05) is 24.3 Å². The van der Waals surface area contributed by atoms with Crippen LogP contribution in [0.25, 0.3) is 10.9 Å². The number of nitrogens with one attached hydrogen (secondary N) is 6. The molecule has 57 heavy (non-hydrogen) atoms. The highest BCUT2D eigenvalue weighted by Crippen LogP contribution is 2.21. The number of guanidine groups is 1. The minimum absolute atomic E-state index is 0.0144. The molecule has 12 N–H and O–H groups in total. The number of aromatic nitrogens is 1. The van der Waals surface area contributed by atoms with Crippen molar-refractivity contribution in [3.63, 3.8) is 0 Å². The number of H-pyrrole nitrogens is 1. The van der Waals surface area contributed by atoms with Crippen LogP contribution in [0.3, 0.4) is 0 Å². The molecule has 0 aliphatic heterocycles. The number of esters is 1. The normalized spacial score (nSPS) is 12.9. The number of nitrogens with zero attached hydrogens (tertiary/aromatic N) is 1. The number of methoxy groups -OCH3 is 1. The van der Waals surface area contributed by atoms with Crippen LogP contribution in [-0.4, -0.2) is 119 Å². The number of carbonyl (C=O) groups excluding carboxylic acids is 7. The quantitative estimate of drug-likeness (QED) is 0.0242. The molecule has 0 aliphatic carbocycles. The molecule has 2 aromatic carbocycles. The fraction of sp³-hybridized carbons (Fsp3) is 0.405. The summed E-state index contributed by atoms with van der Waals surface area (Å²) in [5.74, 6) is -4.41. The number of hydrogen-bond acceptors (Lipinski definition) is 12. The second kappa shape index (κ2) is 23.0. The molecular weight excluding hydrogens is 763 g/mol. The topological polar surface area (TPSA) is 310 Å². The lowest BCUT2D eigenvalue weighted by molar-refractivity contribution is -0.140. The molecule has 1 aromatic heterocycles. The number of ether oxygens (including phenoxy) is 1. The van der Waals surface area contributed by atoms with Crippen molar-refractivity contribution < 1.29 is 48.5 Å². The molecule has 1 heterocycles. The van der Waals surface area contributed by atoms with E-state index in [1.165, 1.54) is 31.4 Å². The standard InChI is InChI=1S/C37H49N9O10S/c1-21(48)43-30(20-47)35(54)46-28(16-22-9-11-24(49)12-10-22)34(53)45-27(8-5-14-40-37(38)39)33(52)42-19-31(50)44-29(36(55)57-15-13-32(51)56-2)17-23-18-41-26-7-4-3-6-25(23)26/h3-4,6-7,9-12,18,27-30,41,47,49H,5,8,13-17,19-20H2,1-2H3,(H,42,52)(H,43,48)(H,44,50)(H,45,53)(H,46,54)(H4,38,39,40)/t27-,28-,29-,30-/m0/s1. The van der Waals surface area contributed by atoms with Gasteiger partial charge >= 0.3 is 5.97 Å². The van der Waals surface area contributed by atoms with Crippen molar-refractivity contribution in [2.75, 3.05) is 32.6 Å². The number of benzene rings is 2. The van der Waals surface area contributed by atoms with Crippen LogP contribution in [0.2, 0.25) is 0 Å². The zero-order chi connectivity index (χ0) is 41.9. The number of aromatic hydroxyl groups is 1. The van der Waals surface area contributed by atoms with E-state index in [2.05, 4.69) is 41.3 Å². The first-order valence-electron chi connectivity index (χ1n) is 17.9. The Morgan fingerprint density at radius 3 is 2.21 bits per heavy atom. The van der Waals surface area contributed by atoms with E-state index in [9.17, 15) is 43.8 Å². The molecule has 5 amide bonds. The lowest BCUT2D eigenvalue weighted by atomic mass is 10.0. The Morgan fingerprint density at radius 2 is 1.54 bits per heavy atom. The van der Waals surface area contributed by atoms with Gasteiger partial charge in [0.05, 0.1) is 26.7 Å². The number of aliphatic imine (C=N–C) groups is 1. The molecule has 308 valence electrons. The number of fused-ring (bicyclic) bond motifs is 1. The number of para-hydroxylation sites is 1. The number of aromatic amines is 1. The van der Waals surface area contributed by atoms with Crippen LogP contribution in [0.15, 0.2) is 59.7 Å². The molecule has 0 saturated carbocycles. The number of aliphatic hydroxyl groups is 1. The largest absolute Gasteiger partial charge is 0.508 e. The van der Waals surface area contributed by atoms with E-state index in [0.29, 0.717) is 5.56 Å². The molecule has 4 atom stereocenters. The van der Waals surface area contributed by atoms with Crippen molar-refractivity contribution >= 4 is 69.2 Å². The van der Waals surface area contributed by atoms with E-state index in [1.54, 1.807) is 6.20 Å². The molecule has 0 saturated heterocycles. The maximum Gasteiger partial charge on any atom is 0.306 e. The Hall–Kier alpha value is -6.15. The van der Waals surface area contributed by atoms with Crippen LogP contribution < -0.4 is 38.1 Å². The van der Waals surface area contributed by atoms with Gasteiger partial charge in [0.25, 0.3) is 0 Å². The second-order valence-corrected chi connectivity index (χ2v) is 13.9. The summed E-state index contributed by atoms with van der Waals surface area (Å²) in [5, 5.41) is 32.4. The van der Waals surface area contributed by atoms with E-state index in [-0.39, 0.29) is 56.1 Å². The second-order valence-electron chi connectivity index (χ2n) is 12.8. The van der Waals surface area contributed by atoms with Crippen LogP contribution in [0.5, 0.6) is 5.75 Å². The number of carbonyl (C=O) groups is 7. The molecule has 3 rings (SSSR count). The summed E-state index contributed by atoms with van der Waals surface area (Å²) in [4.78, 5) is 97.2. The van der Waals surface area contributed by atoms with Crippen molar-refractivity contribution in [3.05, 3.63) is 65.9 Å². The molecule has 0 unspecified atom stereocenters. The van der Waals surface area contributed by atoms with Gasteiger partial charge in [-0.1, -0.05) is 42.1 Å². The predicted octanol–water partition coefficient (Wildman–Crippen LogP) is -1.40. The zero-order valence-electron chi connectivity index (χ0n) is 31.5. The van der Waals surface area contributed by atoms with Gasteiger partial charge in [0.15, 0.2) is 5.96 Å². The third kappa shape index (κ3) is 15.5. The van der Waals surface area contributed by atoms with Gasteiger partial charge in [-0.25, -0.2) is 0 Å². The Morgan fingerprint density at radius 1 is 0.860 bits per heavy atom. The van der Waals surface area contributed by atoms with Gasteiger partial charge in [-0.3, -0.25) is 38.6 Å². The first kappa shape index (κ1) is 45.2. The van der Waals surface area contributed by atoms with Crippen LogP contribution in [0, 0.1) is 0 Å². The van der Waals surface area contributed by atoms with Gasteiger partial charge in [0.1, 0.15) is 29.9 Å². The molecule has 20 heteroatoms. The minimum Gasteiger partial charge on any atom is -0.508 e. The highest BCUT2D eigenvalue weighted by Gasteiger charge is 2.30. The number of amides is 5. The van der Waals surface area contributed by atoms with Gasteiger partial charge in [-0.05, 0) is 42.2 Å². The Bertz CT molecular complexity index is 1900. The number of phenolic OH excluding ortho intramolecular Hbond substituents is 1. The monoisotopic (exact) mass is 811 g/mol. The lowest BCUT2D eigenvalue weighted by Crippen LogP contribution is -2.58. The van der Waals surface area contributed by atoms with Gasteiger partial charge in [-0.2, -0.15) is 0 Å². The predicted molar refractivity (Wildman–Crippen MR) is 211 cm³/mol. The highest BCUT2D eigenvalue weighted by atomic mass is 32.2. The Balaban J connectivity index is 1.77.